The van der Waals surface area contributed by atoms with Crippen molar-refractivity contribution in [2.75, 3.05) is 0 Å². The van der Waals surface area contributed by atoms with Gasteiger partial charge >= 0.3 is 0 Å². The number of hydrogen-bond acceptors (Lipinski definition) is 3. The van der Waals surface area contributed by atoms with Crippen LogP contribution in [0.1, 0.15) is 5.69 Å². The topological polar surface area (TPSA) is 54.5 Å². The summed E-state index contributed by atoms with van der Waals surface area (Å²) >= 11 is 5.43. The number of nitrogens with zero attached hydrogens (tertiary/aromatic N) is 4. The van der Waals surface area contributed by atoms with Crippen molar-refractivity contribution in [1.29, 1.82) is 5.26 Å². The van der Waals surface area contributed by atoms with Crippen molar-refractivity contribution in [2.24, 2.45) is 7.05 Å². The molecule has 5 heteroatoms. The molecule has 1 aromatic heterocycles. The van der Waals surface area contributed by atoms with Crippen LogP contribution in [0.25, 0.3) is 0 Å². The molecule has 0 aliphatic carbocycles. The lowest BCUT2D eigenvalue weighted by Crippen LogP contribution is -1.93. The van der Waals surface area contributed by atoms with E-state index in [2.05, 4.69) is 10.3 Å². The molecule has 0 aliphatic heterocycles. The number of hydrogen-bond donors (Lipinski definition) is 0. The lowest BCUT2D eigenvalue weighted by Gasteiger charge is -1.83. The van der Waals surface area contributed by atoms with Crippen LogP contribution in [-0.2, 0) is 7.05 Å². The van der Waals surface area contributed by atoms with Crippen LogP contribution in [0.15, 0.2) is 0 Å². The van der Waals surface area contributed by atoms with E-state index < -0.39 is 0 Å². The molecule has 1 heterocycles. The molecule has 1 rings (SSSR count). The first-order valence-corrected chi connectivity index (χ1v) is 2.58. The molecule has 0 aromatic carbocycles. The molecule has 9 heavy (non-hydrogen) atoms. The Hall–Kier alpha value is -1.08. The lowest BCUT2D eigenvalue weighted by atomic mass is 10.5. The molecule has 0 saturated heterocycles. The van der Waals surface area contributed by atoms with E-state index in [0.717, 1.165) is 0 Å². The Labute approximate surface area is 56.7 Å². The predicted octanol–water partition coefficient (Wildman–Crippen LogP) is 0.340. The molecule has 0 N–H and O–H groups in total. The van der Waals surface area contributed by atoms with Crippen molar-refractivity contribution in [3.63, 3.8) is 0 Å². The average molecular weight is 143 g/mol. The highest BCUT2D eigenvalue weighted by molar-refractivity contribution is 6.30. The molecule has 0 fully saturated rings. The van der Waals surface area contributed by atoms with Crippen LogP contribution in [0.3, 0.4) is 0 Å². The number of rotatable bonds is 0. The van der Waals surface area contributed by atoms with Crippen LogP contribution in [0, 0.1) is 11.3 Å². The molecule has 0 radical (unpaired) electrons. The van der Waals surface area contributed by atoms with Crippen molar-refractivity contribution in [1.82, 2.24) is 15.0 Å². The molecular formula is C4H3ClN4. The monoisotopic (exact) mass is 142 g/mol. The summed E-state index contributed by atoms with van der Waals surface area (Å²) in [5, 5.41) is 15.4. The fourth-order valence-electron chi connectivity index (χ4n) is 0.450. The van der Waals surface area contributed by atoms with Crippen LogP contribution in [0.2, 0.25) is 5.15 Å². The molecule has 4 nitrogen and oxygen atoms in total. The normalized spacial score (nSPS) is 9.00. The van der Waals surface area contributed by atoms with Crippen LogP contribution >= 0.6 is 11.6 Å². The summed E-state index contributed by atoms with van der Waals surface area (Å²) in [6.07, 6.45) is 0. The fourth-order valence-corrected chi connectivity index (χ4v) is 0.649. The van der Waals surface area contributed by atoms with Gasteiger partial charge in [0.15, 0.2) is 10.8 Å². The maximum atomic E-state index is 8.35. The maximum absolute atomic E-state index is 8.35. The van der Waals surface area contributed by atoms with Crippen molar-refractivity contribution >= 4 is 11.6 Å². The minimum atomic E-state index is 0.153. The van der Waals surface area contributed by atoms with Crippen molar-refractivity contribution in [3.05, 3.63) is 10.8 Å². The van der Waals surface area contributed by atoms with E-state index in [1.807, 2.05) is 6.07 Å². The highest BCUT2D eigenvalue weighted by Gasteiger charge is 2.04. The summed E-state index contributed by atoms with van der Waals surface area (Å²) in [4.78, 5) is 0. The van der Waals surface area contributed by atoms with Gasteiger partial charge in [0.1, 0.15) is 6.07 Å². The molecule has 46 valence electrons. The second-order valence-corrected chi connectivity index (χ2v) is 1.82. The van der Waals surface area contributed by atoms with Crippen LogP contribution in [0.5, 0.6) is 0 Å². The Balaban J connectivity index is 3.27. The van der Waals surface area contributed by atoms with Gasteiger partial charge in [0.25, 0.3) is 0 Å². The highest BCUT2D eigenvalue weighted by atomic mass is 35.5. The number of halogens is 1. The first-order valence-electron chi connectivity index (χ1n) is 2.21. The first-order chi connectivity index (χ1) is 4.25. The van der Waals surface area contributed by atoms with Gasteiger partial charge in [-0.05, 0) is 0 Å². The van der Waals surface area contributed by atoms with Gasteiger partial charge in [-0.15, -0.1) is 5.10 Å². The molecule has 0 aliphatic rings. The van der Waals surface area contributed by atoms with Crippen LogP contribution in [0.4, 0.5) is 0 Å². The highest BCUT2D eigenvalue weighted by Crippen LogP contribution is 2.07. The van der Waals surface area contributed by atoms with Gasteiger partial charge in [0.2, 0.25) is 0 Å². The average Bonchev–Trinajstić information content (AvgIpc) is 2.12. The predicted molar refractivity (Wildman–Crippen MR) is 30.7 cm³/mol. The smallest absolute Gasteiger partial charge is 0.189 e. The quantitative estimate of drug-likeness (QED) is 0.525. The second-order valence-electron chi connectivity index (χ2n) is 1.46. The zero-order chi connectivity index (χ0) is 6.85. The van der Waals surface area contributed by atoms with E-state index in [1.165, 1.54) is 4.68 Å². The van der Waals surface area contributed by atoms with Gasteiger partial charge in [-0.2, -0.15) is 5.26 Å². The Morgan fingerprint density at radius 1 is 1.78 bits per heavy atom. The molecule has 0 unspecified atom stereocenters. The van der Waals surface area contributed by atoms with Gasteiger partial charge < -0.3 is 0 Å². The number of nitriles is 1. The third-order valence-corrected chi connectivity index (χ3v) is 1.15. The third-order valence-electron chi connectivity index (χ3n) is 0.892. The molecular weight excluding hydrogens is 140 g/mol. The van der Waals surface area contributed by atoms with E-state index in [1.54, 1.807) is 7.05 Å². The van der Waals surface area contributed by atoms with Crippen molar-refractivity contribution in [2.45, 2.75) is 0 Å². The number of aromatic nitrogens is 3. The molecule has 1 aromatic rings. The summed E-state index contributed by atoms with van der Waals surface area (Å²) in [6.45, 7) is 0. The Morgan fingerprint density at radius 2 is 2.44 bits per heavy atom. The van der Waals surface area contributed by atoms with E-state index in [-0.39, 0.29) is 10.8 Å². The molecule has 0 atom stereocenters. The van der Waals surface area contributed by atoms with E-state index in [0.29, 0.717) is 0 Å². The Morgan fingerprint density at radius 3 is 2.67 bits per heavy atom. The summed E-state index contributed by atoms with van der Waals surface area (Å²) in [7, 11) is 1.61. The summed E-state index contributed by atoms with van der Waals surface area (Å²) < 4.78 is 1.32. The minimum absolute atomic E-state index is 0.153. The van der Waals surface area contributed by atoms with Crippen molar-refractivity contribution in [3.8, 4) is 6.07 Å². The van der Waals surface area contributed by atoms with Crippen molar-refractivity contribution < 1.29 is 0 Å². The standard InChI is InChI=1S/C4H3ClN4/c1-9-3(2-6)4(5)7-8-9/h1H3. The van der Waals surface area contributed by atoms with Gasteiger partial charge in [-0.3, -0.25) is 0 Å². The number of aryl methyl sites for hydroxylation is 1. The van der Waals surface area contributed by atoms with E-state index in [4.69, 9.17) is 16.9 Å². The molecule has 0 bridgehead atoms. The minimum Gasteiger partial charge on any atom is -0.236 e. The molecule has 0 spiro atoms. The lowest BCUT2D eigenvalue weighted by molar-refractivity contribution is 0.707. The molecule has 0 saturated carbocycles. The summed E-state index contributed by atoms with van der Waals surface area (Å²) in [5.41, 5.74) is 0.289. The zero-order valence-electron chi connectivity index (χ0n) is 4.67. The van der Waals surface area contributed by atoms with Gasteiger partial charge in [-0.1, -0.05) is 16.8 Å². The van der Waals surface area contributed by atoms with Gasteiger partial charge in [0, 0.05) is 7.05 Å². The first kappa shape index (κ1) is 6.05. The van der Waals surface area contributed by atoms with Crippen LogP contribution < -0.4 is 0 Å². The zero-order valence-corrected chi connectivity index (χ0v) is 5.42. The van der Waals surface area contributed by atoms with E-state index >= 15 is 0 Å². The van der Waals surface area contributed by atoms with Gasteiger partial charge in [0.05, 0.1) is 0 Å². The SMILES string of the molecule is Cn1nnc(Cl)c1C#N. The summed E-state index contributed by atoms with van der Waals surface area (Å²) in [5.74, 6) is 0. The molecule has 0 amide bonds. The van der Waals surface area contributed by atoms with Gasteiger partial charge in [-0.25, -0.2) is 4.68 Å². The third kappa shape index (κ3) is 0.864. The maximum Gasteiger partial charge on any atom is 0.189 e. The largest absolute Gasteiger partial charge is 0.236 e. The Bertz CT molecular complexity index is 239. The summed E-state index contributed by atoms with van der Waals surface area (Å²) in [6, 6.07) is 1.85. The Kier molecular flexibility index (Phi) is 1.37. The van der Waals surface area contributed by atoms with E-state index in [9.17, 15) is 0 Å². The second kappa shape index (κ2) is 2.03. The fraction of sp³-hybridized carbons (Fsp3) is 0.250. The van der Waals surface area contributed by atoms with Crippen LogP contribution in [-0.4, -0.2) is 15.0 Å².